The molecule has 1 unspecified atom stereocenters. The quantitative estimate of drug-likeness (QED) is 0.778. The molecule has 0 bridgehead atoms. The van der Waals surface area contributed by atoms with Gasteiger partial charge in [0.05, 0.1) is 0 Å². The normalized spacial score (nSPS) is 21.1. The molecule has 1 atom stereocenters. The van der Waals surface area contributed by atoms with Crippen LogP contribution in [0.5, 0.6) is 0 Å². The van der Waals surface area contributed by atoms with Gasteiger partial charge < -0.3 is 10.2 Å². The second-order valence-corrected chi connectivity index (χ2v) is 5.02. The molecule has 16 heavy (non-hydrogen) atoms. The van der Waals surface area contributed by atoms with Crippen molar-refractivity contribution in [3.8, 4) is 0 Å². The average molecular weight is 226 g/mol. The Balaban J connectivity index is 2.27. The van der Waals surface area contributed by atoms with Crippen molar-refractivity contribution in [1.29, 1.82) is 0 Å². The molecule has 1 aliphatic heterocycles. The highest BCUT2D eigenvalue weighted by molar-refractivity contribution is 5.76. The average Bonchev–Trinajstić information content (AvgIpc) is 2.28. The van der Waals surface area contributed by atoms with E-state index in [1.54, 1.807) is 0 Å². The fraction of sp³-hybridized carbons (Fsp3) is 0.923. The van der Waals surface area contributed by atoms with Gasteiger partial charge in [-0.1, -0.05) is 0 Å². The van der Waals surface area contributed by atoms with Gasteiger partial charge in [-0.05, 0) is 59.0 Å². The zero-order valence-corrected chi connectivity index (χ0v) is 11.0. The SMILES string of the molecule is CCN(C(=O)CCC1CCCNC1)C(C)C. The molecule has 0 aromatic heterocycles. The van der Waals surface area contributed by atoms with Crippen LogP contribution in [0, 0.1) is 5.92 Å². The molecule has 0 aromatic rings. The second-order valence-electron chi connectivity index (χ2n) is 5.02. The third-order valence-electron chi connectivity index (χ3n) is 3.45. The smallest absolute Gasteiger partial charge is 0.222 e. The number of carbonyl (C=O) groups excluding carboxylic acids is 1. The third kappa shape index (κ3) is 4.12. The molecule has 94 valence electrons. The van der Waals surface area contributed by atoms with Gasteiger partial charge in [0, 0.05) is 19.0 Å². The first-order chi connectivity index (χ1) is 7.65. The summed E-state index contributed by atoms with van der Waals surface area (Å²) in [6.07, 6.45) is 4.32. The highest BCUT2D eigenvalue weighted by atomic mass is 16.2. The molecule has 1 heterocycles. The predicted molar refractivity (Wildman–Crippen MR) is 67.4 cm³/mol. The van der Waals surface area contributed by atoms with Gasteiger partial charge in [-0.2, -0.15) is 0 Å². The molecule has 0 aliphatic carbocycles. The molecule has 1 N–H and O–H groups in total. The van der Waals surface area contributed by atoms with Crippen molar-refractivity contribution < 1.29 is 4.79 Å². The minimum Gasteiger partial charge on any atom is -0.341 e. The van der Waals surface area contributed by atoms with Crippen molar-refractivity contribution in [3.05, 3.63) is 0 Å². The maximum atomic E-state index is 12.0. The van der Waals surface area contributed by atoms with E-state index in [4.69, 9.17) is 0 Å². The van der Waals surface area contributed by atoms with Crippen LogP contribution < -0.4 is 5.32 Å². The van der Waals surface area contributed by atoms with Gasteiger partial charge in [0.15, 0.2) is 0 Å². The van der Waals surface area contributed by atoms with Gasteiger partial charge in [-0.3, -0.25) is 4.79 Å². The lowest BCUT2D eigenvalue weighted by atomic mass is 9.94. The van der Waals surface area contributed by atoms with Crippen molar-refractivity contribution in [2.75, 3.05) is 19.6 Å². The largest absolute Gasteiger partial charge is 0.341 e. The summed E-state index contributed by atoms with van der Waals surface area (Å²) in [6, 6.07) is 0.335. The topological polar surface area (TPSA) is 32.3 Å². The number of hydrogen-bond donors (Lipinski definition) is 1. The molecule has 3 heteroatoms. The van der Waals surface area contributed by atoms with Crippen molar-refractivity contribution in [3.63, 3.8) is 0 Å². The van der Waals surface area contributed by atoms with E-state index in [-0.39, 0.29) is 0 Å². The maximum absolute atomic E-state index is 12.0. The number of nitrogens with zero attached hydrogens (tertiary/aromatic N) is 1. The van der Waals surface area contributed by atoms with Crippen LogP contribution in [0.15, 0.2) is 0 Å². The number of carbonyl (C=O) groups is 1. The van der Waals surface area contributed by atoms with Crippen molar-refractivity contribution >= 4 is 5.91 Å². The Bertz CT molecular complexity index is 210. The molecule has 1 rings (SSSR count). The Hall–Kier alpha value is -0.570. The molecule has 0 radical (unpaired) electrons. The third-order valence-corrected chi connectivity index (χ3v) is 3.45. The molecule has 1 saturated heterocycles. The summed E-state index contributed by atoms with van der Waals surface area (Å²) in [5.41, 5.74) is 0. The highest BCUT2D eigenvalue weighted by Crippen LogP contribution is 2.17. The van der Waals surface area contributed by atoms with Gasteiger partial charge in [-0.15, -0.1) is 0 Å². The van der Waals surface area contributed by atoms with E-state index in [9.17, 15) is 4.79 Å². The molecule has 1 fully saturated rings. The Morgan fingerprint density at radius 2 is 2.25 bits per heavy atom. The van der Waals surface area contributed by atoms with Gasteiger partial charge >= 0.3 is 0 Å². The lowest BCUT2D eigenvalue weighted by molar-refractivity contribution is -0.133. The van der Waals surface area contributed by atoms with Crippen molar-refractivity contribution in [1.82, 2.24) is 10.2 Å². The van der Waals surface area contributed by atoms with Crippen LogP contribution in [-0.2, 0) is 4.79 Å². The first-order valence-corrected chi connectivity index (χ1v) is 6.65. The summed E-state index contributed by atoms with van der Waals surface area (Å²) in [7, 11) is 0. The number of amides is 1. The summed E-state index contributed by atoms with van der Waals surface area (Å²) in [5.74, 6) is 1.03. The summed E-state index contributed by atoms with van der Waals surface area (Å²) in [5, 5.41) is 3.40. The Kier molecular flexibility index (Phi) is 5.81. The minimum absolute atomic E-state index is 0.322. The Labute approximate surface area is 99.6 Å². The Morgan fingerprint density at radius 1 is 1.50 bits per heavy atom. The van der Waals surface area contributed by atoms with E-state index >= 15 is 0 Å². The molecule has 0 saturated carbocycles. The number of piperidine rings is 1. The summed E-state index contributed by atoms with van der Waals surface area (Å²) < 4.78 is 0. The number of nitrogens with one attached hydrogen (secondary N) is 1. The predicted octanol–water partition coefficient (Wildman–Crippen LogP) is 2.02. The van der Waals surface area contributed by atoms with Crippen LogP contribution in [0.2, 0.25) is 0 Å². The zero-order chi connectivity index (χ0) is 12.0. The summed E-state index contributed by atoms with van der Waals surface area (Å²) in [4.78, 5) is 13.9. The van der Waals surface area contributed by atoms with E-state index in [2.05, 4.69) is 26.1 Å². The van der Waals surface area contributed by atoms with E-state index in [0.717, 1.165) is 32.5 Å². The van der Waals surface area contributed by atoms with E-state index in [1.807, 2.05) is 4.90 Å². The van der Waals surface area contributed by atoms with Crippen LogP contribution >= 0.6 is 0 Å². The summed E-state index contributed by atoms with van der Waals surface area (Å²) in [6.45, 7) is 9.31. The van der Waals surface area contributed by atoms with E-state index in [1.165, 1.54) is 12.8 Å². The fourth-order valence-electron chi connectivity index (χ4n) is 2.47. The number of hydrogen-bond acceptors (Lipinski definition) is 2. The fourth-order valence-corrected chi connectivity index (χ4v) is 2.47. The summed E-state index contributed by atoms with van der Waals surface area (Å²) >= 11 is 0. The lowest BCUT2D eigenvalue weighted by Crippen LogP contribution is -2.37. The van der Waals surface area contributed by atoms with Gasteiger partial charge in [0.25, 0.3) is 0 Å². The second kappa shape index (κ2) is 6.89. The van der Waals surface area contributed by atoms with Gasteiger partial charge in [0.2, 0.25) is 5.91 Å². The van der Waals surface area contributed by atoms with Gasteiger partial charge in [-0.25, -0.2) is 0 Å². The standard InChI is InChI=1S/C13H26N2O/c1-4-15(11(2)3)13(16)8-7-12-6-5-9-14-10-12/h11-12,14H,4-10H2,1-3H3. The van der Waals surface area contributed by atoms with Crippen molar-refractivity contribution in [2.24, 2.45) is 5.92 Å². The number of rotatable bonds is 5. The minimum atomic E-state index is 0.322. The molecule has 1 amide bonds. The van der Waals surface area contributed by atoms with Crippen LogP contribution in [-0.4, -0.2) is 36.5 Å². The van der Waals surface area contributed by atoms with E-state index < -0.39 is 0 Å². The lowest BCUT2D eigenvalue weighted by Gasteiger charge is -2.27. The first-order valence-electron chi connectivity index (χ1n) is 6.65. The highest BCUT2D eigenvalue weighted by Gasteiger charge is 2.18. The monoisotopic (exact) mass is 226 g/mol. The zero-order valence-electron chi connectivity index (χ0n) is 11.0. The van der Waals surface area contributed by atoms with E-state index in [0.29, 0.717) is 17.9 Å². The van der Waals surface area contributed by atoms with Gasteiger partial charge in [0.1, 0.15) is 0 Å². The molecular weight excluding hydrogens is 200 g/mol. The van der Waals surface area contributed by atoms with Crippen LogP contribution in [0.25, 0.3) is 0 Å². The molecule has 3 nitrogen and oxygen atoms in total. The maximum Gasteiger partial charge on any atom is 0.222 e. The Morgan fingerprint density at radius 3 is 2.75 bits per heavy atom. The molecular formula is C13H26N2O. The molecule has 0 spiro atoms. The molecule has 0 aromatic carbocycles. The molecule has 1 aliphatic rings. The van der Waals surface area contributed by atoms with Crippen LogP contribution in [0.4, 0.5) is 0 Å². The van der Waals surface area contributed by atoms with Crippen LogP contribution in [0.1, 0.15) is 46.5 Å². The van der Waals surface area contributed by atoms with Crippen molar-refractivity contribution in [2.45, 2.75) is 52.5 Å². The first kappa shape index (κ1) is 13.5. The van der Waals surface area contributed by atoms with Crippen LogP contribution in [0.3, 0.4) is 0 Å².